The molecule has 0 unspecified atom stereocenters. The van der Waals surface area contributed by atoms with Gasteiger partial charge in [-0.15, -0.1) is 0 Å². The van der Waals surface area contributed by atoms with Gasteiger partial charge in [0.05, 0.1) is 17.7 Å². The number of methoxy groups -OCH3 is 1. The molecule has 9 heteroatoms. The first-order chi connectivity index (χ1) is 22.4. The molecule has 2 amide bonds. The summed E-state index contributed by atoms with van der Waals surface area (Å²) in [4.78, 5) is 30.0. The Morgan fingerprint density at radius 2 is 1.45 bits per heavy atom. The maximum absolute atomic E-state index is 14.6. The number of rotatable bonds is 14. The molecular formula is C38H45N3O5S. The number of aryl methyl sites for hydroxylation is 1. The standard InChI is InChI=1S/C38H45N3O5S/c1-27(2)32-17-19-33(20-18-32)41(47(44,45)35-21-15-29(5)16-22-35)26-37(42)40(25-31-13-10-14-34(23-31)46-6)36(38(43)39-28(3)4)24-30-11-8-7-9-12-30/h7-23,27-28,36H,24-26H2,1-6H3,(H,39,43)/t36-/m1/s1. The van der Waals surface area contributed by atoms with Crippen molar-refractivity contribution < 1.29 is 22.7 Å². The summed E-state index contributed by atoms with van der Waals surface area (Å²) in [7, 11) is -2.61. The Morgan fingerprint density at radius 1 is 0.809 bits per heavy atom. The number of carbonyl (C=O) groups is 2. The Bertz CT molecular complexity index is 1740. The average molecular weight is 656 g/mol. The van der Waals surface area contributed by atoms with Crippen molar-refractivity contribution in [1.29, 1.82) is 0 Å². The van der Waals surface area contributed by atoms with Crippen LogP contribution in [0.2, 0.25) is 0 Å². The Balaban J connectivity index is 1.82. The normalized spacial score (nSPS) is 12.1. The van der Waals surface area contributed by atoms with E-state index in [1.54, 1.807) is 49.6 Å². The van der Waals surface area contributed by atoms with Gasteiger partial charge < -0.3 is 15.0 Å². The molecule has 248 valence electrons. The Morgan fingerprint density at radius 3 is 2.04 bits per heavy atom. The zero-order valence-electron chi connectivity index (χ0n) is 28.0. The van der Waals surface area contributed by atoms with Gasteiger partial charge in [0, 0.05) is 19.0 Å². The van der Waals surface area contributed by atoms with Crippen LogP contribution in [0, 0.1) is 6.92 Å². The van der Waals surface area contributed by atoms with Gasteiger partial charge in [-0.2, -0.15) is 0 Å². The number of benzene rings is 4. The van der Waals surface area contributed by atoms with Gasteiger partial charge in [0.25, 0.3) is 10.0 Å². The molecule has 0 aliphatic rings. The van der Waals surface area contributed by atoms with E-state index in [-0.39, 0.29) is 35.7 Å². The van der Waals surface area contributed by atoms with E-state index >= 15 is 0 Å². The number of nitrogens with one attached hydrogen (secondary N) is 1. The Labute approximate surface area is 279 Å². The molecule has 1 N–H and O–H groups in total. The summed E-state index contributed by atoms with van der Waals surface area (Å²) >= 11 is 0. The van der Waals surface area contributed by atoms with E-state index in [2.05, 4.69) is 19.2 Å². The van der Waals surface area contributed by atoms with Crippen molar-refractivity contribution in [2.75, 3.05) is 18.0 Å². The molecule has 0 fully saturated rings. The summed E-state index contributed by atoms with van der Waals surface area (Å²) in [5.74, 6) is 0.00460. The molecule has 8 nitrogen and oxygen atoms in total. The van der Waals surface area contributed by atoms with Gasteiger partial charge in [-0.25, -0.2) is 8.42 Å². The predicted octanol–water partition coefficient (Wildman–Crippen LogP) is 6.49. The van der Waals surface area contributed by atoms with Crippen molar-refractivity contribution in [2.45, 2.75) is 70.5 Å². The van der Waals surface area contributed by atoms with E-state index in [4.69, 9.17) is 4.74 Å². The smallest absolute Gasteiger partial charge is 0.264 e. The van der Waals surface area contributed by atoms with Crippen LogP contribution in [0.1, 0.15) is 55.9 Å². The van der Waals surface area contributed by atoms with Crippen LogP contribution in [-0.4, -0.2) is 50.9 Å². The lowest BCUT2D eigenvalue weighted by Gasteiger charge is -2.34. The molecule has 0 spiro atoms. The lowest BCUT2D eigenvalue weighted by molar-refractivity contribution is -0.140. The largest absolute Gasteiger partial charge is 0.497 e. The molecule has 0 saturated heterocycles. The van der Waals surface area contributed by atoms with Gasteiger partial charge in [-0.05, 0) is 79.8 Å². The van der Waals surface area contributed by atoms with Gasteiger partial charge in [-0.3, -0.25) is 13.9 Å². The molecular weight excluding hydrogens is 611 g/mol. The van der Waals surface area contributed by atoms with Crippen molar-refractivity contribution in [2.24, 2.45) is 0 Å². The van der Waals surface area contributed by atoms with Crippen molar-refractivity contribution in [3.8, 4) is 5.75 Å². The monoisotopic (exact) mass is 655 g/mol. The summed E-state index contributed by atoms with van der Waals surface area (Å²) in [6.45, 7) is 9.28. The first-order valence-corrected chi connectivity index (χ1v) is 17.3. The minimum absolute atomic E-state index is 0.0593. The summed E-state index contributed by atoms with van der Waals surface area (Å²) in [5.41, 5.74) is 3.92. The van der Waals surface area contributed by atoms with E-state index in [1.807, 2.05) is 81.4 Å². The maximum Gasteiger partial charge on any atom is 0.264 e. The number of sulfonamides is 1. The molecule has 0 radical (unpaired) electrons. The number of amides is 2. The molecule has 0 aromatic heterocycles. The zero-order chi connectivity index (χ0) is 34.1. The number of anilines is 1. The van der Waals surface area contributed by atoms with Crippen LogP contribution in [0.4, 0.5) is 5.69 Å². The molecule has 0 bridgehead atoms. The minimum Gasteiger partial charge on any atom is -0.497 e. The molecule has 47 heavy (non-hydrogen) atoms. The number of hydrogen-bond acceptors (Lipinski definition) is 5. The second kappa shape index (κ2) is 15.8. The number of hydrogen-bond donors (Lipinski definition) is 1. The van der Waals surface area contributed by atoms with Crippen molar-refractivity contribution in [3.05, 3.63) is 125 Å². The lowest BCUT2D eigenvalue weighted by Crippen LogP contribution is -2.54. The van der Waals surface area contributed by atoms with E-state index in [1.165, 1.54) is 4.90 Å². The highest BCUT2D eigenvalue weighted by atomic mass is 32.2. The number of ether oxygens (including phenoxy) is 1. The summed E-state index contributed by atoms with van der Waals surface area (Å²) in [6, 6.07) is 29.5. The van der Waals surface area contributed by atoms with Crippen molar-refractivity contribution in [3.63, 3.8) is 0 Å². The minimum atomic E-state index is -4.17. The molecule has 0 aliphatic carbocycles. The van der Waals surface area contributed by atoms with Crippen LogP contribution in [0.3, 0.4) is 0 Å². The van der Waals surface area contributed by atoms with Crippen LogP contribution in [-0.2, 0) is 32.6 Å². The Hall–Kier alpha value is -4.63. The average Bonchev–Trinajstić information content (AvgIpc) is 3.05. The molecule has 0 saturated carbocycles. The molecule has 4 rings (SSSR count). The third kappa shape index (κ3) is 9.23. The summed E-state index contributed by atoms with van der Waals surface area (Å²) in [6.07, 6.45) is 0.239. The van der Waals surface area contributed by atoms with Gasteiger partial charge in [0.1, 0.15) is 18.3 Å². The first kappa shape index (κ1) is 35.2. The fraction of sp³-hybridized carbons (Fsp3) is 0.316. The molecule has 4 aromatic rings. The van der Waals surface area contributed by atoms with E-state index in [0.717, 1.165) is 26.6 Å². The molecule has 4 aromatic carbocycles. The SMILES string of the molecule is COc1cccc(CN(C(=O)CN(c2ccc(C(C)C)cc2)S(=O)(=O)c2ccc(C)cc2)[C@H](Cc2ccccc2)C(=O)NC(C)C)c1. The topological polar surface area (TPSA) is 96.0 Å². The third-order valence-electron chi connectivity index (χ3n) is 7.92. The highest BCUT2D eigenvalue weighted by Crippen LogP contribution is 2.27. The highest BCUT2D eigenvalue weighted by Gasteiger charge is 2.35. The highest BCUT2D eigenvalue weighted by molar-refractivity contribution is 7.92. The van der Waals surface area contributed by atoms with E-state index in [9.17, 15) is 18.0 Å². The number of nitrogens with zero attached hydrogens (tertiary/aromatic N) is 2. The second-order valence-corrected chi connectivity index (χ2v) is 14.2. The van der Waals surface area contributed by atoms with Crippen LogP contribution in [0.25, 0.3) is 0 Å². The second-order valence-electron chi connectivity index (χ2n) is 12.3. The fourth-order valence-corrected chi connectivity index (χ4v) is 6.71. The van der Waals surface area contributed by atoms with Crippen LogP contribution in [0.15, 0.2) is 108 Å². The lowest BCUT2D eigenvalue weighted by atomic mass is 10.0. The van der Waals surface area contributed by atoms with Crippen LogP contribution in [0.5, 0.6) is 5.75 Å². The van der Waals surface area contributed by atoms with Gasteiger partial charge in [0.15, 0.2) is 0 Å². The molecule has 0 aliphatic heterocycles. The van der Waals surface area contributed by atoms with Crippen molar-refractivity contribution >= 4 is 27.5 Å². The predicted molar refractivity (Wildman–Crippen MR) is 187 cm³/mol. The Kier molecular flexibility index (Phi) is 11.8. The van der Waals surface area contributed by atoms with E-state index < -0.39 is 28.5 Å². The summed E-state index contributed by atoms with van der Waals surface area (Å²) in [5, 5.41) is 2.98. The molecule has 0 heterocycles. The van der Waals surface area contributed by atoms with Gasteiger partial charge in [0.2, 0.25) is 11.8 Å². The first-order valence-electron chi connectivity index (χ1n) is 15.8. The molecule has 1 atom stereocenters. The van der Waals surface area contributed by atoms with Crippen molar-refractivity contribution in [1.82, 2.24) is 10.2 Å². The fourth-order valence-electron chi connectivity index (χ4n) is 5.29. The van der Waals surface area contributed by atoms with Gasteiger partial charge >= 0.3 is 0 Å². The third-order valence-corrected chi connectivity index (χ3v) is 9.71. The maximum atomic E-state index is 14.6. The quantitative estimate of drug-likeness (QED) is 0.168. The van der Waals surface area contributed by atoms with Crippen LogP contribution < -0.4 is 14.4 Å². The van der Waals surface area contributed by atoms with E-state index in [0.29, 0.717) is 11.4 Å². The van der Waals surface area contributed by atoms with Crippen LogP contribution >= 0.6 is 0 Å². The number of carbonyl (C=O) groups excluding carboxylic acids is 2. The zero-order valence-corrected chi connectivity index (χ0v) is 28.8. The summed E-state index contributed by atoms with van der Waals surface area (Å²) < 4.78 is 35.1. The van der Waals surface area contributed by atoms with Gasteiger partial charge in [-0.1, -0.05) is 86.1 Å².